The Kier molecular flexibility index (Phi) is 3.80. The highest BCUT2D eigenvalue weighted by Gasteiger charge is 2.09. The summed E-state index contributed by atoms with van der Waals surface area (Å²) in [5.74, 6) is 1.07. The number of nitrogens with zero attached hydrogens (tertiary/aromatic N) is 3. The van der Waals surface area contributed by atoms with Gasteiger partial charge in [-0.25, -0.2) is 4.98 Å². The molecular formula is C17H22N4. The van der Waals surface area contributed by atoms with Gasteiger partial charge in [0, 0.05) is 38.2 Å². The smallest absolute Gasteiger partial charge is 0.128 e. The van der Waals surface area contributed by atoms with E-state index in [4.69, 9.17) is 0 Å². The van der Waals surface area contributed by atoms with E-state index in [1.807, 2.05) is 19.4 Å². The molecule has 3 aromatic rings. The Morgan fingerprint density at radius 3 is 2.76 bits per heavy atom. The van der Waals surface area contributed by atoms with E-state index in [0.717, 1.165) is 18.9 Å². The number of aromatic nitrogens is 3. The van der Waals surface area contributed by atoms with Crippen molar-refractivity contribution in [3.8, 4) is 0 Å². The van der Waals surface area contributed by atoms with Crippen molar-refractivity contribution in [2.75, 3.05) is 0 Å². The lowest BCUT2D eigenvalue weighted by atomic mass is 10.1. The Morgan fingerprint density at radius 2 is 2.05 bits per heavy atom. The second kappa shape index (κ2) is 5.74. The molecule has 0 radical (unpaired) electrons. The number of hydrogen-bond donors (Lipinski definition) is 1. The lowest BCUT2D eigenvalue weighted by Gasteiger charge is -2.12. The molecule has 0 amide bonds. The van der Waals surface area contributed by atoms with Crippen LogP contribution in [0.1, 0.15) is 25.2 Å². The summed E-state index contributed by atoms with van der Waals surface area (Å²) in [5, 5.41) is 4.79. The second-order valence-electron chi connectivity index (χ2n) is 5.79. The highest BCUT2D eigenvalue weighted by atomic mass is 15.1. The van der Waals surface area contributed by atoms with Crippen molar-refractivity contribution < 1.29 is 0 Å². The molecule has 0 atom stereocenters. The Labute approximate surface area is 125 Å². The number of para-hydroxylation sites is 1. The maximum Gasteiger partial charge on any atom is 0.128 e. The van der Waals surface area contributed by atoms with E-state index < -0.39 is 0 Å². The van der Waals surface area contributed by atoms with Crippen molar-refractivity contribution in [1.82, 2.24) is 19.4 Å². The molecule has 0 saturated heterocycles. The van der Waals surface area contributed by atoms with Crippen LogP contribution in [0, 0.1) is 0 Å². The average Bonchev–Trinajstić information content (AvgIpc) is 3.05. The molecular weight excluding hydrogens is 260 g/mol. The molecule has 3 rings (SSSR count). The van der Waals surface area contributed by atoms with Crippen molar-refractivity contribution >= 4 is 10.9 Å². The predicted molar refractivity (Wildman–Crippen MR) is 86.2 cm³/mol. The third-order valence-corrected chi connectivity index (χ3v) is 3.81. The van der Waals surface area contributed by atoms with E-state index in [0.29, 0.717) is 6.04 Å². The molecule has 2 heterocycles. The van der Waals surface area contributed by atoms with Crippen LogP contribution < -0.4 is 5.32 Å². The molecule has 0 saturated carbocycles. The molecule has 0 aliphatic heterocycles. The number of benzene rings is 1. The lowest BCUT2D eigenvalue weighted by Crippen LogP contribution is -2.22. The first-order valence-corrected chi connectivity index (χ1v) is 7.41. The lowest BCUT2D eigenvalue weighted by molar-refractivity contribution is 0.589. The van der Waals surface area contributed by atoms with Crippen LogP contribution in [-0.4, -0.2) is 20.2 Å². The largest absolute Gasteiger partial charge is 0.340 e. The molecule has 0 fully saturated rings. The van der Waals surface area contributed by atoms with Crippen molar-refractivity contribution in [3.05, 3.63) is 54.2 Å². The van der Waals surface area contributed by atoms with Crippen LogP contribution in [0.4, 0.5) is 0 Å². The van der Waals surface area contributed by atoms with Gasteiger partial charge >= 0.3 is 0 Å². The minimum Gasteiger partial charge on any atom is -0.340 e. The molecule has 0 unspecified atom stereocenters. The summed E-state index contributed by atoms with van der Waals surface area (Å²) in [6.07, 6.45) is 5.99. The third-order valence-electron chi connectivity index (χ3n) is 3.81. The maximum absolute atomic E-state index is 4.43. The molecule has 0 spiro atoms. The van der Waals surface area contributed by atoms with Crippen LogP contribution in [0.15, 0.2) is 42.9 Å². The molecule has 1 aromatic carbocycles. The van der Waals surface area contributed by atoms with Gasteiger partial charge in [-0.3, -0.25) is 0 Å². The summed E-state index contributed by atoms with van der Waals surface area (Å²) in [7, 11) is 2.04. The molecule has 21 heavy (non-hydrogen) atoms. The summed E-state index contributed by atoms with van der Waals surface area (Å²) in [5.41, 5.74) is 2.63. The molecule has 2 aromatic heterocycles. The third kappa shape index (κ3) is 2.85. The van der Waals surface area contributed by atoms with Crippen molar-refractivity contribution in [1.29, 1.82) is 0 Å². The Bertz CT molecular complexity index is 736. The van der Waals surface area contributed by atoms with Crippen molar-refractivity contribution in [3.63, 3.8) is 0 Å². The van der Waals surface area contributed by atoms with E-state index in [2.05, 4.69) is 63.7 Å². The fourth-order valence-electron chi connectivity index (χ4n) is 2.63. The number of rotatable bonds is 5. The van der Waals surface area contributed by atoms with E-state index in [9.17, 15) is 0 Å². The van der Waals surface area contributed by atoms with Crippen LogP contribution in [0.25, 0.3) is 10.9 Å². The quantitative estimate of drug-likeness (QED) is 0.781. The zero-order chi connectivity index (χ0) is 14.8. The van der Waals surface area contributed by atoms with Crippen LogP contribution in [0.2, 0.25) is 0 Å². The minimum atomic E-state index is 0.484. The molecule has 0 aliphatic rings. The fraction of sp³-hybridized carbons (Fsp3) is 0.353. The normalized spacial score (nSPS) is 11.6. The van der Waals surface area contributed by atoms with E-state index in [1.165, 1.54) is 16.5 Å². The first-order valence-electron chi connectivity index (χ1n) is 7.41. The Hall–Kier alpha value is -2.07. The predicted octanol–water partition coefficient (Wildman–Crippen LogP) is 2.92. The summed E-state index contributed by atoms with van der Waals surface area (Å²) >= 11 is 0. The number of aryl methyl sites for hydroxylation is 1. The van der Waals surface area contributed by atoms with Gasteiger partial charge in [0.15, 0.2) is 0 Å². The summed E-state index contributed by atoms with van der Waals surface area (Å²) in [6, 6.07) is 9.16. The topological polar surface area (TPSA) is 34.8 Å². The van der Waals surface area contributed by atoms with Crippen LogP contribution in [0.3, 0.4) is 0 Å². The van der Waals surface area contributed by atoms with Crippen LogP contribution in [0.5, 0.6) is 0 Å². The van der Waals surface area contributed by atoms with Gasteiger partial charge < -0.3 is 14.5 Å². The van der Waals surface area contributed by atoms with Crippen molar-refractivity contribution in [2.45, 2.75) is 33.0 Å². The van der Waals surface area contributed by atoms with Gasteiger partial charge in [0.2, 0.25) is 0 Å². The summed E-state index contributed by atoms with van der Waals surface area (Å²) in [6.45, 7) is 6.03. The van der Waals surface area contributed by atoms with Crippen LogP contribution in [-0.2, 0) is 20.1 Å². The summed E-state index contributed by atoms with van der Waals surface area (Å²) < 4.78 is 4.36. The molecule has 110 valence electrons. The average molecular weight is 282 g/mol. The molecule has 0 aliphatic carbocycles. The number of imidazole rings is 1. The van der Waals surface area contributed by atoms with Gasteiger partial charge in [0.25, 0.3) is 0 Å². The zero-order valence-electron chi connectivity index (χ0n) is 12.9. The first kappa shape index (κ1) is 13.9. The number of fused-ring (bicyclic) bond motifs is 1. The standard InChI is InChI=1S/C17H22N4/c1-13(2)19-11-15-6-4-5-14-7-9-21(17(14)15)12-16-18-8-10-20(16)3/h4-10,13,19H,11-12H2,1-3H3. The Morgan fingerprint density at radius 1 is 1.19 bits per heavy atom. The van der Waals surface area contributed by atoms with Gasteiger partial charge in [-0.15, -0.1) is 0 Å². The van der Waals surface area contributed by atoms with Crippen LogP contribution >= 0.6 is 0 Å². The van der Waals surface area contributed by atoms with Gasteiger partial charge in [0.05, 0.1) is 12.1 Å². The SMILES string of the molecule is CC(C)NCc1cccc2ccn(Cc3nccn3C)c12. The second-order valence-corrected chi connectivity index (χ2v) is 5.79. The number of hydrogen-bond acceptors (Lipinski definition) is 2. The van der Waals surface area contributed by atoms with Gasteiger partial charge in [-0.05, 0) is 17.0 Å². The van der Waals surface area contributed by atoms with Gasteiger partial charge in [0.1, 0.15) is 5.82 Å². The summed E-state index contributed by atoms with van der Waals surface area (Å²) in [4.78, 5) is 4.43. The monoisotopic (exact) mass is 282 g/mol. The van der Waals surface area contributed by atoms with E-state index in [-0.39, 0.29) is 0 Å². The minimum absolute atomic E-state index is 0.484. The Balaban J connectivity index is 1.97. The van der Waals surface area contributed by atoms with E-state index in [1.54, 1.807) is 0 Å². The molecule has 4 nitrogen and oxygen atoms in total. The highest BCUT2D eigenvalue weighted by molar-refractivity contribution is 5.83. The zero-order valence-corrected chi connectivity index (χ0v) is 12.9. The first-order chi connectivity index (χ1) is 10.1. The van der Waals surface area contributed by atoms with Gasteiger partial charge in [-0.1, -0.05) is 32.0 Å². The number of nitrogens with one attached hydrogen (secondary N) is 1. The molecule has 0 bridgehead atoms. The highest BCUT2D eigenvalue weighted by Crippen LogP contribution is 2.21. The molecule has 4 heteroatoms. The fourth-order valence-corrected chi connectivity index (χ4v) is 2.63. The van der Waals surface area contributed by atoms with Crippen molar-refractivity contribution in [2.24, 2.45) is 7.05 Å². The van der Waals surface area contributed by atoms with E-state index >= 15 is 0 Å². The molecule has 1 N–H and O–H groups in total. The maximum atomic E-state index is 4.43. The van der Waals surface area contributed by atoms with Gasteiger partial charge in [-0.2, -0.15) is 0 Å².